The number of carbonyl (C=O) groups is 1. The number of nitrogens with two attached hydrogens (primary N) is 1. The number of nitrogen functional groups attached to an aromatic ring is 1. The first-order chi connectivity index (χ1) is 8.87. The van der Waals surface area contributed by atoms with Crippen molar-refractivity contribution in [3.63, 3.8) is 0 Å². The third kappa shape index (κ3) is 3.47. The van der Waals surface area contributed by atoms with Gasteiger partial charge < -0.3 is 15.7 Å². The highest BCUT2D eigenvalue weighted by Gasteiger charge is 2.24. The second-order valence-electron chi connectivity index (χ2n) is 5.85. The van der Waals surface area contributed by atoms with Gasteiger partial charge in [0.15, 0.2) is 0 Å². The van der Waals surface area contributed by atoms with E-state index in [-0.39, 0.29) is 5.91 Å². The number of nitrogens with zero attached hydrogens (tertiary/aromatic N) is 1. The van der Waals surface area contributed by atoms with E-state index in [2.05, 4.69) is 0 Å². The Bertz CT molecular complexity index is 478. The Kier molecular flexibility index (Phi) is 3.80. The Balaban J connectivity index is 2.27. The van der Waals surface area contributed by atoms with Crippen molar-refractivity contribution in [1.29, 1.82) is 0 Å². The van der Waals surface area contributed by atoms with Gasteiger partial charge in [0.2, 0.25) is 5.91 Å². The summed E-state index contributed by atoms with van der Waals surface area (Å²) in [5.74, 6) is 0.132. The molecule has 3 N–H and O–H groups in total. The lowest BCUT2D eigenvalue weighted by Gasteiger charge is -2.26. The third-order valence-electron chi connectivity index (χ3n) is 3.48. The van der Waals surface area contributed by atoms with Gasteiger partial charge in [-0.1, -0.05) is 0 Å². The van der Waals surface area contributed by atoms with Gasteiger partial charge in [-0.25, -0.2) is 0 Å². The molecule has 2 rings (SSSR count). The quantitative estimate of drug-likeness (QED) is 0.820. The normalized spacial score (nSPS) is 16.2. The molecule has 0 fully saturated rings. The molecule has 1 aliphatic rings. The van der Waals surface area contributed by atoms with Gasteiger partial charge in [-0.05, 0) is 56.9 Å². The number of carbonyl (C=O) groups excluding carboxylic acids is 1. The van der Waals surface area contributed by atoms with Crippen LogP contribution in [0.3, 0.4) is 0 Å². The van der Waals surface area contributed by atoms with Crippen LogP contribution in [0.1, 0.15) is 38.7 Å². The van der Waals surface area contributed by atoms with E-state index in [4.69, 9.17) is 5.73 Å². The molecule has 0 atom stereocenters. The van der Waals surface area contributed by atoms with Gasteiger partial charge in [0.05, 0.1) is 5.60 Å². The first-order valence-electron chi connectivity index (χ1n) is 6.78. The highest BCUT2D eigenvalue weighted by molar-refractivity contribution is 5.95. The predicted molar refractivity (Wildman–Crippen MR) is 77.1 cm³/mol. The number of aliphatic hydroxyl groups is 1. The fraction of sp³-hybridized carbons (Fsp3) is 0.533. The van der Waals surface area contributed by atoms with E-state index in [9.17, 15) is 9.90 Å². The zero-order chi connectivity index (χ0) is 14.0. The average molecular weight is 262 g/mol. The minimum Gasteiger partial charge on any atom is -0.399 e. The van der Waals surface area contributed by atoms with Gasteiger partial charge in [-0.3, -0.25) is 4.79 Å². The maximum Gasteiger partial charge on any atom is 0.226 e. The zero-order valence-corrected chi connectivity index (χ0v) is 11.6. The molecule has 104 valence electrons. The molecule has 1 amide bonds. The molecular weight excluding hydrogens is 240 g/mol. The van der Waals surface area contributed by atoms with Crippen molar-refractivity contribution in [2.24, 2.45) is 0 Å². The Hall–Kier alpha value is -1.55. The number of rotatable bonds is 3. The van der Waals surface area contributed by atoms with Gasteiger partial charge in [0.25, 0.3) is 0 Å². The number of hydrogen-bond donors (Lipinski definition) is 2. The molecule has 1 aromatic rings. The van der Waals surface area contributed by atoms with E-state index in [1.54, 1.807) is 18.7 Å². The summed E-state index contributed by atoms with van der Waals surface area (Å²) >= 11 is 0. The topological polar surface area (TPSA) is 66.6 Å². The van der Waals surface area contributed by atoms with Crippen molar-refractivity contribution in [2.45, 2.75) is 45.1 Å². The van der Waals surface area contributed by atoms with Crippen molar-refractivity contribution < 1.29 is 9.90 Å². The summed E-state index contributed by atoms with van der Waals surface area (Å²) in [6.45, 7) is 4.07. The summed E-state index contributed by atoms with van der Waals surface area (Å²) in [6.07, 6.45) is 2.85. The van der Waals surface area contributed by atoms with E-state index in [0.717, 1.165) is 29.8 Å². The molecule has 0 saturated heterocycles. The van der Waals surface area contributed by atoms with Crippen LogP contribution >= 0.6 is 0 Å². The van der Waals surface area contributed by atoms with Crippen LogP contribution in [-0.4, -0.2) is 23.2 Å². The van der Waals surface area contributed by atoms with E-state index >= 15 is 0 Å². The van der Waals surface area contributed by atoms with Crippen LogP contribution in [0, 0.1) is 0 Å². The lowest BCUT2D eigenvalue weighted by molar-refractivity contribution is -0.118. The summed E-state index contributed by atoms with van der Waals surface area (Å²) in [4.78, 5) is 14.0. The monoisotopic (exact) mass is 262 g/mol. The van der Waals surface area contributed by atoms with Crippen LogP contribution in [0.2, 0.25) is 0 Å². The zero-order valence-electron chi connectivity index (χ0n) is 11.6. The minimum absolute atomic E-state index is 0.132. The second kappa shape index (κ2) is 5.21. The Labute approximate surface area is 114 Å². The van der Waals surface area contributed by atoms with Gasteiger partial charge in [0, 0.05) is 24.3 Å². The number of hydrogen-bond acceptors (Lipinski definition) is 3. The molecule has 0 bridgehead atoms. The summed E-state index contributed by atoms with van der Waals surface area (Å²) < 4.78 is 0. The van der Waals surface area contributed by atoms with Crippen LogP contribution in [-0.2, 0) is 11.2 Å². The van der Waals surface area contributed by atoms with Crippen molar-refractivity contribution in [3.8, 4) is 0 Å². The van der Waals surface area contributed by atoms with Crippen LogP contribution < -0.4 is 10.6 Å². The molecule has 1 heterocycles. The van der Waals surface area contributed by atoms with E-state index in [1.165, 1.54) is 0 Å². The van der Waals surface area contributed by atoms with Crippen LogP contribution in [0.4, 0.5) is 11.4 Å². The molecule has 19 heavy (non-hydrogen) atoms. The molecule has 0 radical (unpaired) electrons. The molecule has 0 aromatic heterocycles. The molecule has 4 heteroatoms. The first kappa shape index (κ1) is 13.9. The molecule has 0 unspecified atom stereocenters. The molecule has 4 nitrogen and oxygen atoms in total. The first-order valence-corrected chi connectivity index (χ1v) is 6.78. The summed E-state index contributed by atoms with van der Waals surface area (Å²) in [5, 5.41) is 9.84. The lowest BCUT2D eigenvalue weighted by Crippen LogP contribution is -2.35. The highest BCUT2D eigenvalue weighted by Crippen LogP contribution is 2.29. The summed E-state index contributed by atoms with van der Waals surface area (Å²) in [6, 6.07) is 5.69. The van der Waals surface area contributed by atoms with Crippen LogP contribution in [0.5, 0.6) is 0 Å². The van der Waals surface area contributed by atoms with Crippen molar-refractivity contribution in [3.05, 3.63) is 23.8 Å². The molecule has 1 aromatic carbocycles. The molecule has 0 aliphatic carbocycles. The van der Waals surface area contributed by atoms with E-state index in [0.29, 0.717) is 19.4 Å². The fourth-order valence-corrected chi connectivity index (χ4v) is 2.40. The Morgan fingerprint density at radius 2 is 2.11 bits per heavy atom. The lowest BCUT2D eigenvalue weighted by atomic mass is 10.0. The van der Waals surface area contributed by atoms with Crippen molar-refractivity contribution >= 4 is 17.3 Å². The van der Waals surface area contributed by atoms with Crippen LogP contribution in [0.15, 0.2) is 18.2 Å². The van der Waals surface area contributed by atoms with Gasteiger partial charge in [-0.15, -0.1) is 0 Å². The fourth-order valence-electron chi connectivity index (χ4n) is 2.40. The summed E-state index contributed by atoms with van der Waals surface area (Å²) in [5.41, 5.74) is 7.85. The van der Waals surface area contributed by atoms with Gasteiger partial charge >= 0.3 is 0 Å². The van der Waals surface area contributed by atoms with E-state index in [1.807, 2.05) is 18.2 Å². The summed E-state index contributed by atoms with van der Waals surface area (Å²) in [7, 11) is 0. The maximum absolute atomic E-state index is 12.2. The van der Waals surface area contributed by atoms with E-state index < -0.39 is 5.60 Å². The Morgan fingerprint density at radius 1 is 1.37 bits per heavy atom. The highest BCUT2D eigenvalue weighted by atomic mass is 16.3. The minimum atomic E-state index is -0.763. The van der Waals surface area contributed by atoms with Crippen LogP contribution in [0.25, 0.3) is 0 Å². The number of benzene rings is 1. The largest absolute Gasteiger partial charge is 0.399 e. The molecule has 0 saturated carbocycles. The molecular formula is C15H22N2O2. The molecule has 1 aliphatic heterocycles. The third-order valence-corrected chi connectivity index (χ3v) is 3.48. The van der Waals surface area contributed by atoms with Gasteiger partial charge in [0.1, 0.15) is 0 Å². The Morgan fingerprint density at radius 3 is 2.79 bits per heavy atom. The maximum atomic E-state index is 12.2. The van der Waals surface area contributed by atoms with Crippen molar-refractivity contribution in [2.75, 3.05) is 17.2 Å². The molecule has 0 spiro atoms. The second-order valence-corrected chi connectivity index (χ2v) is 5.85. The number of amides is 1. The standard InChI is InChI=1S/C15H22N2O2/c1-15(2,19)8-9-17-13-7-6-12(16)10-11(13)4-3-5-14(17)18/h6-7,10,19H,3-5,8-9,16H2,1-2H3. The number of anilines is 2. The number of aryl methyl sites for hydroxylation is 1. The smallest absolute Gasteiger partial charge is 0.226 e. The van der Waals surface area contributed by atoms with Gasteiger partial charge in [-0.2, -0.15) is 0 Å². The average Bonchev–Trinajstić information content (AvgIpc) is 2.44. The number of fused-ring (bicyclic) bond motifs is 1. The van der Waals surface area contributed by atoms with Crippen molar-refractivity contribution in [1.82, 2.24) is 0 Å². The SMILES string of the molecule is CC(C)(O)CCN1C(=O)CCCc2cc(N)ccc21. The predicted octanol–water partition coefficient (Wildman–Crippen LogP) is 2.10.